The maximum absolute atomic E-state index is 13.2. The zero-order valence-electron chi connectivity index (χ0n) is 19.1. The van der Waals surface area contributed by atoms with Crippen molar-refractivity contribution in [2.24, 2.45) is 0 Å². The van der Waals surface area contributed by atoms with Gasteiger partial charge in [0.1, 0.15) is 17.1 Å². The molecular formula is C25H24F4N2O4. The van der Waals surface area contributed by atoms with Crippen LogP contribution in [0.5, 0.6) is 5.75 Å². The summed E-state index contributed by atoms with van der Waals surface area (Å²) in [4.78, 5) is 28.3. The predicted octanol–water partition coefficient (Wildman–Crippen LogP) is 4.45. The molecule has 4 rings (SSSR count). The van der Waals surface area contributed by atoms with E-state index < -0.39 is 17.4 Å². The van der Waals surface area contributed by atoms with E-state index in [1.54, 1.807) is 17.0 Å². The number of carbonyl (C=O) groups excluding carboxylic acids is 1. The SMILES string of the molecule is C[C@@H]1CN(C(=O)COc2ccc3c(C(F)(F)F)cc(=O)oc3c2)[C@@H](C)CN1Cc1ccc(F)cc1. The van der Waals surface area contributed by atoms with Gasteiger partial charge in [0.15, 0.2) is 6.61 Å². The average Bonchev–Trinajstić information content (AvgIpc) is 2.79. The number of carbonyl (C=O) groups is 1. The number of amides is 1. The van der Waals surface area contributed by atoms with Gasteiger partial charge in [0.25, 0.3) is 5.91 Å². The summed E-state index contributed by atoms with van der Waals surface area (Å²) in [5.41, 5.74) is -1.51. The Balaban J connectivity index is 1.40. The summed E-state index contributed by atoms with van der Waals surface area (Å²) in [6.07, 6.45) is -4.71. The molecule has 0 bridgehead atoms. The van der Waals surface area contributed by atoms with Gasteiger partial charge in [-0.1, -0.05) is 12.1 Å². The van der Waals surface area contributed by atoms with Crippen LogP contribution in [-0.2, 0) is 17.5 Å². The summed E-state index contributed by atoms with van der Waals surface area (Å²) in [5.74, 6) is -0.444. The van der Waals surface area contributed by atoms with Gasteiger partial charge >= 0.3 is 11.8 Å². The molecule has 186 valence electrons. The first-order chi connectivity index (χ1) is 16.5. The Morgan fingerprint density at radius 1 is 1.06 bits per heavy atom. The maximum atomic E-state index is 13.2. The van der Waals surface area contributed by atoms with Crippen molar-refractivity contribution < 1.29 is 31.5 Å². The van der Waals surface area contributed by atoms with Crippen LogP contribution in [0.4, 0.5) is 17.6 Å². The molecule has 3 aromatic rings. The van der Waals surface area contributed by atoms with Crippen molar-refractivity contribution in [1.29, 1.82) is 0 Å². The van der Waals surface area contributed by atoms with Crippen molar-refractivity contribution in [3.8, 4) is 5.75 Å². The van der Waals surface area contributed by atoms with Gasteiger partial charge < -0.3 is 14.1 Å². The van der Waals surface area contributed by atoms with Crippen LogP contribution in [0, 0.1) is 5.82 Å². The van der Waals surface area contributed by atoms with Crippen LogP contribution in [-0.4, -0.2) is 47.5 Å². The molecule has 1 aromatic heterocycles. The van der Waals surface area contributed by atoms with E-state index in [4.69, 9.17) is 9.15 Å². The van der Waals surface area contributed by atoms with Crippen molar-refractivity contribution in [2.75, 3.05) is 19.7 Å². The highest BCUT2D eigenvalue weighted by atomic mass is 19.4. The lowest BCUT2D eigenvalue weighted by Crippen LogP contribution is -2.58. The monoisotopic (exact) mass is 492 g/mol. The van der Waals surface area contributed by atoms with Gasteiger partial charge in [0.05, 0.1) is 5.56 Å². The minimum absolute atomic E-state index is 0.0518. The van der Waals surface area contributed by atoms with Crippen LogP contribution in [0.2, 0.25) is 0 Å². The van der Waals surface area contributed by atoms with Crippen LogP contribution in [0.1, 0.15) is 25.0 Å². The summed E-state index contributed by atoms with van der Waals surface area (Å²) < 4.78 is 63.2. The van der Waals surface area contributed by atoms with Crippen molar-refractivity contribution in [3.63, 3.8) is 0 Å². The Morgan fingerprint density at radius 3 is 2.46 bits per heavy atom. The van der Waals surface area contributed by atoms with Gasteiger partial charge in [-0.05, 0) is 43.7 Å². The Morgan fingerprint density at radius 2 is 1.77 bits per heavy atom. The van der Waals surface area contributed by atoms with Crippen molar-refractivity contribution in [1.82, 2.24) is 9.80 Å². The third-order valence-electron chi connectivity index (χ3n) is 6.12. The van der Waals surface area contributed by atoms with Crippen molar-refractivity contribution >= 4 is 16.9 Å². The lowest BCUT2D eigenvalue weighted by Gasteiger charge is -2.44. The second-order valence-corrected chi connectivity index (χ2v) is 8.72. The fourth-order valence-electron chi connectivity index (χ4n) is 4.29. The van der Waals surface area contributed by atoms with E-state index in [0.29, 0.717) is 25.7 Å². The van der Waals surface area contributed by atoms with E-state index in [9.17, 15) is 27.2 Å². The number of ether oxygens (including phenoxy) is 1. The molecule has 1 fully saturated rings. The van der Waals surface area contributed by atoms with Crippen molar-refractivity contribution in [3.05, 3.63) is 75.9 Å². The number of fused-ring (bicyclic) bond motifs is 1. The molecule has 1 aliphatic rings. The highest BCUT2D eigenvalue weighted by Crippen LogP contribution is 2.34. The molecule has 2 heterocycles. The van der Waals surface area contributed by atoms with Crippen LogP contribution in [0.15, 0.2) is 57.7 Å². The van der Waals surface area contributed by atoms with E-state index in [-0.39, 0.29) is 47.1 Å². The van der Waals surface area contributed by atoms with E-state index in [0.717, 1.165) is 11.6 Å². The number of benzene rings is 2. The molecule has 2 aromatic carbocycles. The standard InChI is InChI=1S/C25H24F4N2O4/c1-15-12-31(16(2)11-30(15)13-17-3-5-18(26)6-4-17)23(32)14-34-19-7-8-20-21(25(27,28)29)10-24(33)35-22(20)9-19/h3-10,15-16H,11-14H2,1-2H3/t15-,16+/m1/s1. The molecule has 0 radical (unpaired) electrons. The molecular weight excluding hydrogens is 468 g/mol. The Kier molecular flexibility index (Phi) is 6.84. The highest BCUT2D eigenvalue weighted by Gasteiger charge is 2.34. The minimum Gasteiger partial charge on any atom is -0.484 e. The molecule has 35 heavy (non-hydrogen) atoms. The molecule has 2 atom stereocenters. The van der Waals surface area contributed by atoms with Gasteiger partial charge in [0, 0.05) is 49.2 Å². The number of hydrogen-bond donors (Lipinski definition) is 0. The van der Waals surface area contributed by atoms with Crippen LogP contribution >= 0.6 is 0 Å². The first-order valence-electron chi connectivity index (χ1n) is 11.1. The van der Waals surface area contributed by atoms with Gasteiger partial charge in [-0.25, -0.2) is 9.18 Å². The molecule has 0 saturated carbocycles. The molecule has 0 unspecified atom stereocenters. The third-order valence-corrected chi connectivity index (χ3v) is 6.12. The summed E-state index contributed by atoms with van der Waals surface area (Å²) in [6, 6.07) is 10.3. The summed E-state index contributed by atoms with van der Waals surface area (Å²) in [6.45, 7) is 5.32. The molecule has 1 aliphatic heterocycles. The minimum atomic E-state index is -4.71. The number of nitrogens with zero attached hydrogens (tertiary/aromatic N) is 2. The number of halogens is 4. The fraction of sp³-hybridized carbons (Fsp3) is 0.360. The lowest BCUT2D eigenvalue weighted by molar-refractivity contribution is -0.139. The maximum Gasteiger partial charge on any atom is 0.417 e. The summed E-state index contributed by atoms with van der Waals surface area (Å²) in [5, 5.41) is -0.268. The second kappa shape index (κ2) is 9.69. The van der Waals surface area contributed by atoms with Crippen LogP contribution in [0.25, 0.3) is 11.0 Å². The summed E-state index contributed by atoms with van der Waals surface area (Å²) in [7, 11) is 0. The first kappa shape index (κ1) is 24.7. The van der Waals surface area contributed by atoms with Gasteiger partial charge in [-0.3, -0.25) is 9.69 Å². The highest BCUT2D eigenvalue weighted by molar-refractivity contribution is 5.82. The summed E-state index contributed by atoms with van der Waals surface area (Å²) >= 11 is 0. The molecule has 0 aliphatic carbocycles. The third kappa shape index (κ3) is 5.64. The molecule has 1 amide bonds. The first-order valence-corrected chi connectivity index (χ1v) is 11.1. The normalized spacial score (nSPS) is 19.2. The topological polar surface area (TPSA) is 63.0 Å². The molecule has 6 nitrogen and oxygen atoms in total. The van der Waals surface area contributed by atoms with E-state index in [1.165, 1.54) is 24.3 Å². The van der Waals surface area contributed by atoms with Gasteiger partial charge in [-0.2, -0.15) is 13.2 Å². The average molecular weight is 492 g/mol. The van der Waals surface area contributed by atoms with E-state index in [1.807, 2.05) is 13.8 Å². The van der Waals surface area contributed by atoms with Crippen molar-refractivity contribution in [2.45, 2.75) is 38.7 Å². The van der Waals surface area contributed by atoms with Crippen LogP contribution < -0.4 is 10.4 Å². The van der Waals surface area contributed by atoms with Gasteiger partial charge in [0.2, 0.25) is 0 Å². The fourth-order valence-corrected chi connectivity index (χ4v) is 4.29. The zero-order valence-corrected chi connectivity index (χ0v) is 19.1. The quantitative estimate of drug-likeness (QED) is 0.389. The predicted molar refractivity (Wildman–Crippen MR) is 120 cm³/mol. The number of rotatable bonds is 5. The van der Waals surface area contributed by atoms with Gasteiger partial charge in [-0.15, -0.1) is 0 Å². The Bertz CT molecular complexity index is 1270. The smallest absolute Gasteiger partial charge is 0.417 e. The Labute approximate surface area is 198 Å². The van der Waals surface area contributed by atoms with E-state index >= 15 is 0 Å². The largest absolute Gasteiger partial charge is 0.484 e. The Hall–Kier alpha value is -3.40. The zero-order chi connectivity index (χ0) is 25.3. The molecule has 0 spiro atoms. The van der Waals surface area contributed by atoms with Crippen LogP contribution in [0.3, 0.4) is 0 Å². The number of hydrogen-bond acceptors (Lipinski definition) is 5. The number of alkyl halides is 3. The molecule has 1 saturated heterocycles. The second-order valence-electron chi connectivity index (χ2n) is 8.72. The van der Waals surface area contributed by atoms with E-state index in [2.05, 4.69) is 4.90 Å². The lowest BCUT2D eigenvalue weighted by atomic mass is 10.1. The molecule has 10 heteroatoms. The number of piperazine rings is 1. The molecule has 0 N–H and O–H groups in total.